The Labute approximate surface area is 121 Å². The highest BCUT2D eigenvalue weighted by Crippen LogP contribution is 2.25. The van der Waals surface area contributed by atoms with Gasteiger partial charge in [-0.05, 0) is 6.54 Å². The Bertz CT molecular complexity index is 605. The lowest BCUT2D eigenvalue weighted by molar-refractivity contribution is -0.120. The molecule has 3 heterocycles. The Kier molecular flexibility index (Phi) is 3.88. The Morgan fingerprint density at radius 1 is 1.50 bits per heavy atom. The lowest BCUT2D eigenvalue weighted by atomic mass is 10.3. The first-order chi connectivity index (χ1) is 9.79. The van der Waals surface area contributed by atoms with E-state index in [1.54, 1.807) is 11.3 Å². The fraction of sp³-hybridized carbons (Fsp3) is 0.538. The topological polar surface area (TPSA) is 61.7 Å². The number of thiazole rings is 1. The number of nitrogens with zero attached hydrogens (tertiary/aromatic N) is 3. The van der Waals surface area contributed by atoms with Crippen LogP contribution in [0.4, 0.5) is 5.82 Å². The van der Waals surface area contributed by atoms with Gasteiger partial charge in [0, 0.05) is 44.2 Å². The first-order valence-electron chi connectivity index (χ1n) is 6.96. The molecule has 108 valence electrons. The van der Waals surface area contributed by atoms with Gasteiger partial charge in [-0.2, -0.15) is 0 Å². The van der Waals surface area contributed by atoms with Crippen molar-refractivity contribution >= 4 is 28.0 Å². The van der Waals surface area contributed by atoms with Crippen molar-refractivity contribution in [2.75, 3.05) is 31.1 Å². The largest absolute Gasteiger partial charge is 0.354 e. The summed E-state index contributed by atoms with van der Waals surface area (Å²) in [5, 5.41) is 8.33. The van der Waals surface area contributed by atoms with E-state index in [9.17, 15) is 4.79 Å². The van der Waals surface area contributed by atoms with Crippen LogP contribution < -0.4 is 15.5 Å². The maximum Gasteiger partial charge on any atom is 0.221 e. The quantitative estimate of drug-likeness (QED) is 0.876. The van der Waals surface area contributed by atoms with Gasteiger partial charge in [0.25, 0.3) is 0 Å². The molecule has 2 N–H and O–H groups in total. The molecule has 1 saturated heterocycles. The van der Waals surface area contributed by atoms with Gasteiger partial charge in [0.2, 0.25) is 5.91 Å². The van der Waals surface area contributed by atoms with Gasteiger partial charge in [0.15, 0.2) is 10.8 Å². The molecule has 7 heteroatoms. The predicted octanol–water partition coefficient (Wildman–Crippen LogP) is 0.832. The zero-order valence-electron chi connectivity index (χ0n) is 11.6. The third-order valence-electron chi connectivity index (χ3n) is 3.49. The smallest absolute Gasteiger partial charge is 0.221 e. The van der Waals surface area contributed by atoms with Gasteiger partial charge in [0.05, 0.1) is 5.69 Å². The number of hydrogen-bond acceptors (Lipinski definition) is 5. The summed E-state index contributed by atoms with van der Waals surface area (Å²) >= 11 is 1.64. The van der Waals surface area contributed by atoms with Crippen LogP contribution in [-0.2, 0) is 11.3 Å². The molecular weight excluding hydrogens is 274 g/mol. The maximum absolute atomic E-state index is 11.5. The van der Waals surface area contributed by atoms with Crippen molar-refractivity contribution in [3.05, 3.63) is 17.3 Å². The number of amides is 1. The van der Waals surface area contributed by atoms with Crippen molar-refractivity contribution in [3.63, 3.8) is 0 Å². The Morgan fingerprint density at radius 2 is 2.40 bits per heavy atom. The van der Waals surface area contributed by atoms with E-state index in [2.05, 4.69) is 38.4 Å². The van der Waals surface area contributed by atoms with Crippen molar-refractivity contribution < 1.29 is 4.79 Å². The minimum Gasteiger partial charge on any atom is -0.354 e. The van der Waals surface area contributed by atoms with Gasteiger partial charge in [-0.1, -0.05) is 6.92 Å². The van der Waals surface area contributed by atoms with Crippen LogP contribution in [0.2, 0.25) is 0 Å². The monoisotopic (exact) mass is 293 g/mol. The highest BCUT2D eigenvalue weighted by molar-refractivity contribution is 7.15. The molecule has 0 aliphatic carbocycles. The second-order valence-corrected chi connectivity index (χ2v) is 5.68. The van der Waals surface area contributed by atoms with Crippen LogP contribution in [0, 0.1) is 0 Å². The molecule has 0 radical (unpaired) electrons. The number of anilines is 1. The average molecular weight is 293 g/mol. The molecule has 3 rings (SSSR count). The van der Waals surface area contributed by atoms with Gasteiger partial charge in [-0.25, -0.2) is 4.98 Å². The van der Waals surface area contributed by atoms with Crippen LogP contribution in [0.5, 0.6) is 0 Å². The second-order valence-electron chi connectivity index (χ2n) is 4.81. The highest BCUT2D eigenvalue weighted by atomic mass is 32.1. The third-order valence-corrected chi connectivity index (χ3v) is 4.25. The molecule has 0 bridgehead atoms. The van der Waals surface area contributed by atoms with Crippen molar-refractivity contribution in [3.8, 4) is 0 Å². The fourth-order valence-electron chi connectivity index (χ4n) is 2.46. The van der Waals surface area contributed by atoms with Crippen molar-refractivity contribution in [2.45, 2.75) is 19.9 Å². The van der Waals surface area contributed by atoms with Gasteiger partial charge in [-0.15, -0.1) is 11.3 Å². The van der Waals surface area contributed by atoms with Gasteiger partial charge in [0.1, 0.15) is 0 Å². The average Bonchev–Trinajstić information content (AvgIpc) is 2.95. The summed E-state index contributed by atoms with van der Waals surface area (Å²) in [6.07, 6.45) is 2.59. The second kappa shape index (κ2) is 5.80. The first kappa shape index (κ1) is 13.4. The van der Waals surface area contributed by atoms with E-state index in [1.807, 2.05) is 0 Å². The third kappa shape index (κ3) is 2.51. The summed E-state index contributed by atoms with van der Waals surface area (Å²) < 4.78 is 2.14. The van der Waals surface area contributed by atoms with Crippen LogP contribution in [0.15, 0.2) is 11.6 Å². The molecule has 1 aliphatic heterocycles. The zero-order chi connectivity index (χ0) is 13.9. The van der Waals surface area contributed by atoms with Crippen molar-refractivity contribution in [1.82, 2.24) is 20.0 Å². The van der Waals surface area contributed by atoms with E-state index >= 15 is 0 Å². The number of rotatable bonds is 4. The van der Waals surface area contributed by atoms with Gasteiger partial charge in [-0.3, -0.25) is 9.20 Å². The number of carbonyl (C=O) groups is 1. The summed E-state index contributed by atoms with van der Waals surface area (Å²) in [5.41, 5.74) is 1.18. The van der Waals surface area contributed by atoms with Crippen LogP contribution in [-0.4, -0.2) is 41.5 Å². The number of carbonyl (C=O) groups excluding carboxylic acids is 1. The minimum absolute atomic E-state index is 0.127. The van der Waals surface area contributed by atoms with E-state index in [1.165, 1.54) is 5.69 Å². The van der Waals surface area contributed by atoms with E-state index in [-0.39, 0.29) is 5.91 Å². The number of imidazole rings is 1. The Balaban J connectivity index is 1.92. The highest BCUT2D eigenvalue weighted by Gasteiger charge is 2.21. The van der Waals surface area contributed by atoms with Crippen LogP contribution in [0.1, 0.15) is 19.0 Å². The molecule has 2 aromatic heterocycles. The summed E-state index contributed by atoms with van der Waals surface area (Å²) in [6.45, 7) is 6.05. The molecule has 0 spiro atoms. The summed E-state index contributed by atoms with van der Waals surface area (Å²) in [5.74, 6) is 1.14. The van der Waals surface area contributed by atoms with Crippen LogP contribution >= 0.6 is 11.3 Å². The summed E-state index contributed by atoms with van der Waals surface area (Å²) in [6, 6.07) is 0. The molecule has 6 nitrogen and oxygen atoms in total. The summed E-state index contributed by atoms with van der Waals surface area (Å²) in [4.78, 5) is 19.4. The Morgan fingerprint density at radius 3 is 3.25 bits per heavy atom. The molecule has 1 amide bonds. The maximum atomic E-state index is 11.5. The van der Waals surface area contributed by atoms with Gasteiger partial charge >= 0.3 is 0 Å². The molecule has 0 atom stereocenters. The van der Waals surface area contributed by atoms with Crippen molar-refractivity contribution in [1.29, 1.82) is 0 Å². The number of hydrogen-bond donors (Lipinski definition) is 2. The normalized spacial score (nSPS) is 16.4. The molecule has 0 aromatic carbocycles. The molecule has 1 fully saturated rings. The first-order valence-corrected chi connectivity index (χ1v) is 7.84. The van der Waals surface area contributed by atoms with E-state index in [0.29, 0.717) is 13.0 Å². The standard InChI is InChI=1S/C13H19N5OS/c1-2-14-9-10-12(16-13-18(10)7-8-20-13)17-5-3-11(19)15-4-6-17/h7-8,14H,2-6,9H2,1H3,(H,15,19). The molecule has 2 aromatic rings. The van der Waals surface area contributed by atoms with Gasteiger partial charge < -0.3 is 15.5 Å². The number of fused-ring (bicyclic) bond motifs is 1. The van der Waals surface area contributed by atoms with E-state index in [0.717, 1.165) is 37.0 Å². The van der Waals surface area contributed by atoms with Crippen LogP contribution in [0.25, 0.3) is 4.96 Å². The molecule has 0 unspecified atom stereocenters. The summed E-state index contributed by atoms with van der Waals surface area (Å²) in [7, 11) is 0. The number of nitrogens with one attached hydrogen (secondary N) is 2. The molecule has 0 saturated carbocycles. The Hall–Kier alpha value is -1.60. The van der Waals surface area contributed by atoms with Crippen molar-refractivity contribution in [2.24, 2.45) is 0 Å². The fourth-order valence-corrected chi connectivity index (χ4v) is 3.19. The molecule has 1 aliphatic rings. The SMILES string of the molecule is CCNCc1c(N2CCNC(=O)CC2)nc2sccn12. The minimum atomic E-state index is 0.127. The predicted molar refractivity (Wildman–Crippen MR) is 80.3 cm³/mol. The van der Waals surface area contributed by atoms with E-state index in [4.69, 9.17) is 4.98 Å². The zero-order valence-corrected chi connectivity index (χ0v) is 12.4. The van der Waals surface area contributed by atoms with Crippen LogP contribution in [0.3, 0.4) is 0 Å². The number of aromatic nitrogens is 2. The lowest BCUT2D eigenvalue weighted by Crippen LogP contribution is -2.30. The lowest BCUT2D eigenvalue weighted by Gasteiger charge is -2.20. The molecular formula is C13H19N5OS. The molecule has 20 heavy (non-hydrogen) atoms. The van der Waals surface area contributed by atoms with E-state index < -0.39 is 0 Å².